The lowest BCUT2D eigenvalue weighted by Crippen LogP contribution is -2.10. The van der Waals surface area contributed by atoms with Crippen LogP contribution in [0.3, 0.4) is 0 Å². The van der Waals surface area contributed by atoms with Crippen molar-refractivity contribution in [3.8, 4) is 34.4 Å². The molecule has 0 aliphatic rings. The van der Waals surface area contributed by atoms with Gasteiger partial charge in [0.25, 0.3) is 5.56 Å². The average molecular weight is 286 g/mol. The first kappa shape index (κ1) is 14.5. The Hall–Kier alpha value is -2.94. The highest BCUT2D eigenvalue weighted by Gasteiger charge is 2.16. The third-order valence-corrected chi connectivity index (χ3v) is 3.05. The van der Waals surface area contributed by atoms with Crippen molar-refractivity contribution in [1.82, 2.24) is 4.98 Å². The number of hydrogen-bond acceptors (Lipinski definition) is 5. The van der Waals surface area contributed by atoms with Crippen molar-refractivity contribution in [2.24, 2.45) is 0 Å². The molecule has 0 unspecified atom stereocenters. The van der Waals surface area contributed by atoms with E-state index < -0.39 is 5.56 Å². The number of pyridine rings is 1. The Morgan fingerprint density at radius 3 is 2.19 bits per heavy atom. The van der Waals surface area contributed by atoms with Gasteiger partial charge >= 0.3 is 0 Å². The summed E-state index contributed by atoms with van der Waals surface area (Å²) in [6, 6.07) is 6.95. The summed E-state index contributed by atoms with van der Waals surface area (Å²) >= 11 is 0. The Kier molecular flexibility index (Phi) is 4.14. The van der Waals surface area contributed by atoms with Crippen molar-refractivity contribution in [3.63, 3.8) is 0 Å². The van der Waals surface area contributed by atoms with Gasteiger partial charge in [-0.15, -0.1) is 0 Å². The van der Waals surface area contributed by atoms with E-state index in [1.807, 2.05) is 6.07 Å². The first-order valence-electron chi connectivity index (χ1n) is 6.08. The summed E-state index contributed by atoms with van der Waals surface area (Å²) in [7, 11) is 4.52. The van der Waals surface area contributed by atoms with Crippen LogP contribution >= 0.6 is 0 Å². The van der Waals surface area contributed by atoms with Crippen LogP contribution in [0.5, 0.6) is 17.2 Å². The van der Waals surface area contributed by atoms with E-state index in [1.54, 1.807) is 18.2 Å². The maximum atomic E-state index is 11.7. The van der Waals surface area contributed by atoms with Crippen LogP contribution in [0.25, 0.3) is 11.1 Å². The minimum atomic E-state index is -0.441. The number of aromatic nitrogens is 1. The van der Waals surface area contributed by atoms with Crippen LogP contribution in [0.1, 0.15) is 5.56 Å². The summed E-state index contributed by atoms with van der Waals surface area (Å²) in [5, 5.41) is 9.16. The van der Waals surface area contributed by atoms with Crippen molar-refractivity contribution in [1.29, 1.82) is 5.26 Å². The van der Waals surface area contributed by atoms with Crippen LogP contribution in [-0.2, 0) is 0 Å². The Morgan fingerprint density at radius 1 is 1.10 bits per heavy atom. The summed E-state index contributed by atoms with van der Waals surface area (Å²) < 4.78 is 15.8. The molecule has 0 atom stereocenters. The number of methoxy groups -OCH3 is 3. The quantitative estimate of drug-likeness (QED) is 0.928. The average Bonchev–Trinajstić information content (AvgIpc) is 2.52. The lowest BCUT2D eigenvalue weighted by molar-refractivity contribution is 0.324. The summed E-state index contributed by atoms with van der Waals surface area (Å²) in [6.45, 7) is 0. The molecule has 0 bridgehead atoms. The van der Waals surface area contributed by atoms with Crippen LogP contribution in [0, 0.1) is 11.3 Å². The normalized spacial score (nSPS) is 9.81. The molecule has 6 heteroatoms. The first-order chi connectivity index (χ1) is 10.2. The van der Waals surface area contributed by atoms with Gasteiger partial charge in [-0.1, -0.05) is 0 Å². The molecule has 2 rings (SSSR count). The van der Waals surface area contributed by atoms with Crippen LogP contribution in [0.15, 0.2) is 29.2 Å². The van der Waals surface area contributed by atoms with E-state index in [1.165, 1.54) is 27.5 Å². The second-order valence-corrected chi connectivity index (χ2v) is 4.12. The first-order valence-corrected chi connectivity index (χ1v) is 6.08. The van der Waals surface area contributed by atoms with Gasteiger partial charge in [-0.2, -0.15) is 5.26 Å². The third kappa shape index (κ3) is 2.54. The van der Waals surface area contributed by atoms with E-state index in [2.05, 4.69) is 4.98 Å². The van der Waals surface area contributed by atoms with Crippen LogP contribution in [-0.4, -0.2) is 26.3 Å². The van der Waals surface area contributed by atoms with Crippen LogP contribution in [0.4, 0.5) is 0 Å². The van der Waals surface area contributed by atoms with Crippen molar-refractivity contribution in [3.05, 3.63) is 40.3 Å². The molecule has 0 saturated carbocycles. The molecule has 0 aliphatic carbocycles. The zero-order chi connectivity index (χ0) is 15.4. The fraction of sp³-hybridized carbons (Fsp3) is 0.200. The molecular weight excluding hydrogens is 272 g/mol. The van der Waals surface area contributed by atoms with E-state index in [-0.39, 0.29) is 5.56 Å². The SMILES string of the molecule is COc1cc(-c2cc[nH]c(=O)c2C#N)cc(OC)c1OC. The van der Waals surface area contributed by atoms with Crippen molar-refractivity contribution >= 4 is 0 Å². The third-order valence-electron chi connectivity index (χ3n) is 3.05. The molecule has 0 amide bonds. The lowest BCUT2D eigenvalue weighted by Gasteiger charge is -2.14. The summed E-state index contributed by atoms with van der Waals surface area (Å²) in [5.74, 6) is 1.36. The molecule has 2 aromatic rings. The number of nitrogens with zero attached hydrogens (tertiary/aromatic N) is 1. The zero-order valence-electron chi connectivity index (χ0n) is 11.9. The maximum Gasteiger partial charge on any atom is 0.266 e. The molecule has 0 aliphatic heterocycles. The molecule has 6 nitrogen and oxygen atoms in total. The molecule has 21 heavy (non-hydrogen) atoms. The molecule has 1 heterocycles. The lowest BCUT2D eigenvalue weighted by atomic mass is 10.0. The molecule has 0 spiro atoms. The van der Waals surface area contributed by atoms with Gasteiger partial charge in [0, 0.05) is 11.8 Å². The molecular formula is C15H14N2O4. The number of H-pyrrole nitrogens is 1. The van der Waals surface area contributed by atoms with Gasteiger partial charge in [-0.25, -0.2) is 0 Å². The van der Waals surface area contributed by atoms with E-state index in [0.717, 1.165) is 0 Å². The highest BCUT2D eigenvalue weighted by atomic mass is 16.5. The van der Waals surface area contributed by atoms with Gasteiger partial charge in [-0.05, 0) is 23.8 Å². The molecule has 1 aromatic carbocycles. The molecule has 1 aromatic heterocycles. The zero-order valence-corrected chi connectivity index (χ0v) is 11.9. The van der Waals surface area contributed by atoms with E-state index in [4.69, 9.17) is 19.5 Å². The number of nitriles is 1. The van der Waals surface area contributed by atoms with Gasteiger partial charge in [-0.3, -0.25) is 4.79 Å². The highest BCUT2D eigenvalue weighted by Crippen LogP contribution is 2.41. The summed E-state index contributed by atoms with van der Waals surface area (Å²) in [4.78, 5) is 14.2. The topological polar surface area (TPSA) is 84.3 Å². The fourth-order valence-electron chi connectivity index (χ4n) is 2.07. The standard InChI is InChI=1S/C15H14N2O4/c1-19-12-6-9(7-13(20-2)14(12)21-3)10-4-5-17-15(18)11(10)8-16/h4-7H,1-3H3,(H,17,18). The van der Waals surface area contributed by atoms with Crippen molar-refractivity contribution in [2.45, 2.75) is 0 Å². The largest absolute Gasteiger partial charge is 0.493 e. The minimum absolute atomic E-state index is 0.0340. The minimum Gasteiger partial charge on any atom is -0.493 e. The molecule has 108 valence electrons. The predicted molar refractivity (Wildman–Crippen MR) is 76.9 cm³/mol. The van der Waals surface area contributed by atoms with Crippen LogP contribution < -0.4 is 19.8 Å². The second kappa shape index (κ2) is 6.01. The van der Waals surface area contributed by atoms with Gasteiger partial charge < -0.3 is 19.2 Å². The monoisotopic (exact) mass is 286 g/mol. The fourth-order valence-corrected chi connectivity index (χ4v) is 2.07. The molecule has 1 N–H and O–H groups in total. The van der Waals surface area contributed by atoms with Gasteiger partial charge in [0.1, 0.15) is 11.6 Å². The van der Waals surface area contributed by atoms with E-state index >= 15 is 0 Å². The number of benzene rings is 1. The Labute approximate surface area is 121 Å². The number of nitrogens with one attached hydrogen (secondary N) is 1. The smallest absolute Gasteiger partial charge is 0.266 e. The Bertz CT molecular complexity index is 734. The maximum absolute atomic E-state index is 11.7. The van der Waals surface area contributed by atoms with E-state index in [9.17, 15) is 4.79 Å². The Balaban J connectivity index is 2.74. The highest BCUT2D eigenvalue weighted by molar-refractivity contribution is 5.74. The molecule has 0 saturated heterocycles. The van der Waals surface area contributed by atoms with Gasteiger partial charge in [0.15, 0.2) is 11.5 Å². The van der Waals surface area contributed by atoms with Gasteiger partial charge in [0.2, 0.25) is 5.75 Å². The number of hydrogen-bond donors (Lipinski definition) is 1. The number of aromatic amines is 1. The number of ether oxygens (including phenoxy) is 3. The molecule has 0 radical (unpaired) electrons. The van der Waals surface area contributed by atoms with Gasteiger partial charge in [0.05, 0.1) is 21.3 Å². The van der Waals surface area contributed by atoms with E-state index in [0.29, 0.717) is 28.4 Å². The van der Waals surface area contributed by atoms with Crippen molar-refractivity contribution in [2.75, 3.05) is 21.3 Å². The summed E-state index contributed by atoms with van der Waals surface area (Å²) in [6.07, 6.45) is 1.49. The second-order valence-electron chi connectivity index (χ2n) is 4.12. The predicted octanol–water partition coefficient (Wildman–Crippen LogP) is 1.94. The molecule has 0 fully saturated rings. The van der Waals surface area contributed by atoms with Crippen LogP contribution in [0.2, 0.25) is 0 Å². The number of rotatable bonds is 4. The van der Waals surface area contributed by atoms with Crippen molar-refractivity contribution < 1.29 is 14.2 Å². The summed E-state index contributed by atoms with van der Waals surface area (Å²) in [5.41, 5.74) is 0.725. The Morgan fingerprint density at radius 2 is 1.71 bits per heavy atom.